The van der Waals surface area contributed by atoms with Gasteiger partial charge in [0.05, 0.1) is 0 Å². The van der Waals surface area contributed by atoms with Crippen molar-refractivity contribution in [2.45, 2.75) is 28.4 Å². The zero-order chi connectivity index (χ0) is 15.3. The van der Waals surface area contributed by atoms with Gasteiger partial charge in [-0.05, 0) is 60.2 Å². The van der Waals surface area contributed by atoms with Gasteiger partial charge >= 0.3 is 0 Å². The van der Waals surface area contributed by atoms with Crippen molar-refractivity contribution in [1.82, 2.24) is 0 Å². The molecule has 0 aliphatic heterocycles. The van der Waals surface area contributed by atoms with Gasteiger partial charge in [0.2, 0.25) is 0 Å². The van der Waals surface area contributed by atoms with E-state index in [4.69, 9.17) is 5.73 Å². The Morgan fingerprint density at radius 2 is 1.62 bits per heavy atom. The molecule has 112 valence electrons. The Morgan fingerprint density at radius 1 is 1.05 bits per heavy atom. The third-order valence-electron chi connectivity index (χ3n) is 4.06. The van der Waals surface area contributed by atoms with E-state index in [-0.39, 0.29) is 0 Å². The van der Waals surface area contributed by atoms with E-state index in [2.05, 4.69) is 80.4 Å². The highest BCUT2D eigenvalue weighted by Gasteiger charge is 2.30. The lowest BCUT2D eigenvalue weighted by Crippen LogP contribution is -2.20. The number of nitrogens with two attached hydrogens (primary N) is 1. The number of benzene rings is 2. The highest BCUT2D eigenvalue weighted by Crippen LogP contribution is 2.64. The van der Waals surface area contributed by atoms with Gasteiger partial charge in [-0.3, -0.25) is 0 Å². The molecule has 2 unspecified atom stereocenters. The van der Waals surface area contributed by atoms with E-state index in [1.54, 1.807) is 0 Å². The third-order valence-corrected chi connectivity index (χ3v) is 8.21. The molecular formula is C19H25NS. The predicted molar refractivity (Wildman–Crippen MR) is 95.3 cm³/mol. The van der Waals surface area contributed by atoms with Crippen LogP contribution in [0, 0.1) is 6.92 Å². The molecule has 0 aromatic heterocycles. The minimum atomic E-state index is -1.16. The zero-order valence-corrected chi connectivity index (χ0v) is 13.8. The lowest BCUT2D eigenvalue weighted by Gasteiger charge is -2.43. The Kier molecular flexibility index (Phi) is 5.27. The number of hydrogen-bond donors (Lipinski definition) is 1. The van der Waals surface area contributed by atoms with Crippen LogP contribution in [-0.2, 0) is 0 Å². The van der Waals surface area contributed by atoms with E-state index in [0.29, 0.717) is 11.8 Å². The maximum Gasteiger partial charge on any atom is 0.0153 e. The second-order valence-corrected chi connectivity index (χ2v) is 8.97. The monoisotopic (exact) mass is 299 g/mol. The van der Waals surface area contributed by atoms with Crippen LogP contribution in [0.5, 0.6) is 0 Å². The van der Waals surface area contributed by atoms with Gasteiger partial charge in [-0.2, -0.15) is 10.0 Å². The second kappa shape index (κ2) is 6.97. The molecule has 2 N–H and O–H groups in total. The van der Waals surface area contributed by atoms with Crippen LogP contribution in [0.3, 0.4) is 0 Å². The first kappa shape index (κ1) is 15.9. The van der Waals surface area contributed by atoms with Gasteiger partial charge in [0.15, 0.2) is 0 Å². The van der Waals surface area contributed by atoms with E-state index in [9.17, 15) is 0 Å². The van der Waals surface area contributed by atoms with Gasteiger partial charge in [-0.15, -0.1) is 6.58 Å². The smallest absolute Gasteiger partial charge is 0.0153 e. The first-order valence-corrected chi connectivity index (χ1v) is 9.45. The van der Waals surface area contributed by atoms with Gasteiger partial charge in [0.1, 0.15) is 0 Å². The normalized spacial score (nSPS) is 16.7. The van der Waals surface area contributed by atoms with Crippen molar-refractivity contribution < 1.29 is 0 Å². The Morgan fingerprint density at radius 3 is 2.14 bits per heavy atom. The van der Waals surface area contributed by atoms with Crippen LogP contribution in [0.2, 0.25) is 0 Å². The van der Waals surface area contributed by atoms with Crippen LogP contribution in [0.25, 0.3) is 0 Å². The Labute approximate surface area is 130 Å². The number of aryl methyl sites for hydroxylation is 1. The summed E-state index contributed by atoms with van der Waals surface area (Å²) in [5.41, 5.74) is 7.14. The van der Waals surface area contributed by atoms with Crippen LogP contribution >= 0.6 is 10.0 Å². The summed E-state index contributed by atoms with van der Waals surface area (Å²) in [6, 6.07) is 19.7. The van der Waals surface area contributed by atoms with Gasteiger partial charge < -0.3 is 5.73 Å². The van der Waals surface area contributed by atoms with Crippen molar-refractivity contribution >= 4 is 10.0 Å². The number of hydrogen-bond acceptors (Lipinski definition) is 1. The second-order valence-electron chi connectivity index (χ2n) is 5.46. The molecule has 0 saturated carbocycles. The van der Waals surface area contributed by atoms with E-state index in [0.717, 1.165) is 6.42 Å². The fourth-order valence-electron chi connectivity index (χ4n) is 2.72. The minimum Gasteiger partial charge on any atom is -0.330 e. The van der Waals surface area contributed by atoms with Gasteiger partial charge in [0.25, 0.3) is 0 Å². The molecule has 2 aromatic rings. The van der Waals surface area contributed by atoms with E-state index in [1.165, 1.54) is 15.4 Å². The first-order chi connectivity index (χ1) is 10.1. The lowest BCUT2D eigenvalue weighted by atomic mass is 10.2. The summed E-state index contributed by atoms with van der Waals surface area (Å²) in [5.74, 6) is 0. The molecule has 0 bridgehead atoms. The Bertz CT molecular complexity index is 576. The van der Waals surface area contributed by atoms with Crippen molar-refractivity contribution in [2.75, 3.05) is 12.8 Å². The standard InChI is InChI=1S/C19H25NS/c1-4-17(14-15-20)21(3,18-8-6-5-7-9-18)19-12-10-16(2)11-13-19/h4-13,17H,1,14-15,20H2,2-3H3. The molecule has 0 aliphatic carbocycles. The average Bonchev–Trinajstić information content (AvgIpc) is 2.53. The Hall–Kier alpha value is -1.51. The molecule has 0 amide bonds. The van der Waals surface area contributed by atoms with Crippen LogP contribution in [0.1, 0.15) is 12.0 Å². The zero-order valence-electron chi connectivity index (χ0n) is 13.0. The fraction of sp³-hybridized carbons (Fsp3) is 0.263. The molecule has 0 aliphatic rings. The molecule has 0 fully saturated rings. The van der Waals surface area contributed by atoms with E-state index in [1.807, 2.05) is 0 Å². The van der Waals surface area contributed by atoms with E-state index < -0.39 is 10.0 Å². The summed E-state index contributed by atoms with van der Waals surface area (Å²) in [4.78, 5) is 2.80. The molecule has 2 atom stereocenters. The summed E-state index contributed by atoms with van der Waals surface area (Å²) in [6.45, 7) is 6.90. The van der Waals surface area contributed by atoms with E-state index >= 15 is 0 Å². The van der Waals surface area contributed by atoms with Crippen molar-refractivity contribution in [3.8, 4) is 0 Å². The third kappa shape index (κ3) is 3.22. The SMILES string of the molecule is C=CC(CCN)S(C)(c1ccccc1)c1ccc(C)cc1. The van der Waals surface area contributed by atoms with Crippen molar-refractivity contribution in [3.05, 3.63) is 72.8 Å². The maximum absolute atomic E-state index is 5.85. The molecule has 2 heteroatoms. The molecular weight excluding hydrogens is 274 g/mol. The fourth-order valence-corrected chi connectivity index (χ4v) is 6.11. The van der Waals surface area contributed by atoms with Crippen LogP contribution in [0.4, 0.5) is 0 Å². The van der Waals surface area contributed by atoms with Gasteiger partial charge in [-0.1, -0.05) is 42.0 Å². The number of rotatable bonds is 6. The largest absolute Gasteiger partial charge is 0.330 e. The summed E-state index contributed by atoms with van der Waals surface area (Å²) in [6.07, 6.45) is 5.45. The summed E-state index contributed by atoms with van der Waals surface area (Å²) >= 11 is 0. The van der Waals surface area contributed by atoms with Crippen molar-refractivity contribution in [2.24, 2.45) is 5.73 Å². The summed E-state index contributed by atoms with van der Waals surface area (Å²) in [7, 11) is -1.16. The summed E-state index contributed by atoms with van der Waals surface area (Å²) < 4.78 is 0. The highest BCUT2D eigenvalue weighted by molar-refractivity contribution is 8.33. The minimum absolute atomic E-state index is 0.396. The molecule has 2 aromatic carbocycles. The average molecular weight is 299 g/mol. The molecule has 2 rings (SSSR count). The van der Waals surface area contributed by atoms with Crippen molar-refractivity contribution in [3.63, 3.8) is 0 Å². The molecule has 0 saturated heterocycles. The first-order valence-electron chi connectivity index (χ1n) is 7.34. The molecule has 0 heterocycles. The highest BCUT2D eigenvalue weighted by atomic mass is 32.3. The quantitative estimate of drug-likeness (QED) is 0.765. The summed E-state index contributed by atoms with van der Waals surface area (Å²) in [5, 5.41) is 0.396. The molecule has 0 radical (unpaired) electrons. The maximum atomic E-state index is 5.85. The topological polar surface area (TPSA) is 26.0 Å². The van der Waals surface area contributed by atoms with Crippen molar-refractivity contribution in [1.29, 1.82) is 0 Å². The molecule has 21 heavy (non-hydrogen) atoms. The van der Waals surface area contributed by atoms with Crippen LogP contribution in [0.15, 0.2) is 77.0 Å². The Balaban J connectivity index is 2.58. The predicted octanol–water partition coefficient (Wildman–Crippen LogP) is 4.75. The molecule has 0 spiro atoms. The van der Waals surface area contributed by atoms with Gasteiger partial charge in [0, 0.05) is 5.25 Å². The lowest BCUT2D eigenvalue weighted by molar-refractivity contribution is 0.858. The van der Waals surface area contributed by atoms with Gasteiger partial charge in [-0.25, -0.2) is 0 Å². The van der Waals surface area contributed by atoms with Crippen LogP contribution in [-0.4, -0.2) is 18.1 Å². The van der Waals surface area contributed by atoms with Crippen LogP contribution < -0.4 is 5.73 Å². The molecule has 1 nitrogen and oxygen atoms in total.